The molecule has 3 atom stereocenters. The van der Waals surface area contributed by atoms with Crippen LogP contribution in [0, 0.1) is 10.8 Å². The Morgan fingerprint density at radius 1 is 1.00 bits per heavy atom. The quantitative estimate of drug-likeness (QED) is 0.761. The Morgan fingerprint density at radius 3 is 2.05 bits per heavy atom. The van der Waals surface area contributed by atoms with Crippen LogP contribution in [-0.2, 0) is 19.2 Å². The predicted octanol–water partition coefficient (Wildman–Crippen LogP) is 1.25. The predicted molar refractivity (Wildman–Crippen MR) is 75.3 cm³/mol. The molecule has 124 valence electrons. The Kier molecular flexibility index (Phi) is 4.97. The van der Waals surface area contributed by atoms with Crippen molar-refractivity contribution in [2.45, 2.75) is 58.5 Å². The highest BCUT2D eigenvalue weighted by molar-refractivity contribution is 4.91. The maximum atomic E-state index is 9.42. The van der Waals surface area contributed by atoms with Crippen molar-refractivity contribution in [2.75, 3.05) is 26.4 Å². The fraction of sp³-hybridized carbons (Fsp3) is 1.00. The van der Waals surface area contributed by atoms with E-state index in [4.69, 9.17) is 19.2 Å². The number of hydrogen-bond donors (Lipinski definition) is 2. The zero-order valence-corrected chi connectivity index (χ0v) is 13.4. The summed E-state index contributed by atoms with van der Waals surface area (Å²) in [6.07, 6.45) is 0.963. The maximum Gasteiger partial charge on any atom is 0.198 e. The Morgan fingerprint density at radius 2 is 1.62 bits per heavy atom. The summed E-state index contributed by atoms with van der Waals surface area (Å²) in [6, 6.07) is 0. The first kappa shape index (κ1) is 17.1. The molecular weight excluding hydrogens is 276 g/mol. The van der Waals surface area contributed by atoms with Gasteiger partial charge in [0, 0.05) is 10.8 Å². The fourth-order valence-corrected chi connectivity index (χ4v) is 2.56. The van der Waals surface area contributed by atoms with Crippen molar-refractivity contribution in [3.8, 4) is 0 Å². The second-order valence-corrected chi connectivity index (χ2v) is 7.64. The Bertz CT molecular complexity index is 301. The summed E-state index contributed by atoms with van der Waals surface area (Å²) in [4.78, 5) is 10.9. The lowest BCUT2D eigenvalue weighted by atomic mass is 9.80. The van der Waals surface area contributed by atoms with Crippen molar-refractivity contribution in [3.05, 3.63) is 0 Å². The standard InChI is InChI=1S/C15H28O6/c1-13(2,7-16)11-5-6-15(9-18-11)10-19-12(20-21-15)14(3,4)8-17/h11-12,16-17H,5-10H2,1-4H3. The molecule has 2 saturated heterocycles. The zero-order valence-electron chi connectivity index (χ0n) is 13.4. The van der Waals surface area contributed by atoms with Gasteiger partial charge in [-0.25, -0.2) is 9.78 Å². The molecule has 6 nitrogen and oxygen atoms in total. The molecule has 2 fully saturated rings. The van der Waals surface area contributed by atoms with Crippen molar-refractivity contribution in [3.63, 3.8) is 0 Å². The molecule has 0 bridgehead atoms. The molecule has 3 unspecified atom stereocenters. The van der Waals surface area contributed by atoms with Gasteiger partial charge in [0.25, 0.3) is 0 Å². The van der Waals surface area contributed by atoms with Crippen LogP contribution < -0.4 is 0 Å². The Hall–Kier alpha value is -0.240. The fourth-order valence-electron chi connectivity index (χ4n) is 2.56. The molecule has 2 heterocycles. The molecule has 0 saturated carbocycles. The topological polar surface area (TPSA) is 77.4 Å². The zero-order chi connectivity index (χ0) is 15.7. The van der Waals surface area contributed by atoms with E-state index in [1.54, 1.807) is 0 Å². The third-order valence-corrected chi connectivity index (χ3v) is 4.54. The van der Waals surface area contributed by atoms with Crippen molar-refractivity contribution in [1.82, 2.24) is 0 Å². The SMILES string of the molecule is CC(C)(CO)C1CCC2(CO1)COC(C(C)(C)CO)OO2. The van der Waals surface area contributed by atoms with E-state index in [0.29, 0.717) is 13.2 Å². The molecule has 0 amide bonds. The molecule has 0 aromatic rings. The summed E-state index contributed by atoms with van der Waals surface area (Å²) < 4.78 is 11.6. The van der Waals surface area contributed by atoms with Crippen molar-refractivity contribution in [1.29, 1.82) is 0 Å². The number of aliphatic hydroxyl groups is 2. The highest BCUT2D eigenvalue weighted by atomic mass is 17.2. The number of ether oxygens (including phenoxy) is 2. The Balaban J connectivity index is 1.89. The van der Waals surface area contributed by atoms with Crippen LogP contribution in [0.3, 0.4) is 0 Å². The van der Waals surface area contributed by atoms with Gasteiger partial charge in [0.15, 0.2) is 11.9 Å². The second kappa shape index (κ2) is 6.10. The van der Waals surface area contributed by atoms with E-state index in [1.807, 2.05) is 27.7 Å². The second-order valence-electron chi connectivity index (χ2n) is 7.64. The Labute approximate surface area is 126 Å². The van der Waals surface area contributed by atoms with Crippen LogP contribution in [-0.4, -0.2) is 54.6 Å². The highest BCUT2D eigenvalue weighted by Crippen LogP contribution is 2.39. The summed E-state index contributed by atoms with van der Waals surface area (Å²) in [5, 5.41) is 18.8. The van der Waals surface area contributed by atoms with Gasteiger partial charge < -0.3 is 19.7 Å². The number of aliphatic hydroxyl groups excluding tert-OH is 2. The van der Waals surface area contributed by atoms with E-state index in [-0.39, 0.29) is 24.7 Å². The summed E-state index contributed by atoms with van der Waals surface area (Å²) in [5.74, 6) is 0. The largest absolute Gasteiger partial charge is 0.396 e. The average molecular weight is 304 g/mol. The van der Waals surface area contributed by atoms with Crippen LogP contribution >= 0.6 is 0 Å². The lowest BCUT2D eigenvalue weighted by Gasteiger charge is -2.47. The molecule has 0 radical (unpaired) electrons. The molecule has 2 rings (SSSR count). The van der Waals surface area contributed by atoms with E-state index >= 15 is 0 Å². The molecule has 1 spiro atoms. The van der Waals surface area contributed by atoms with Crippen LogP contribution in [0.5, 0.6) is 0 Å². The van der Waals surface area contributed by atoms with Crippen LogP contribution in [0.4, 0.5) is 0 Å². The molecule has 0 aliphatic carbocycles. The smallest absolute Gasteiger partial charge is 0.198 e. The molecule has 0 aromatic heterocycles. The molecule has 21 heavy (non-hydrogen) atoms. The van der Waals surface area contributed by atoms with Crippen molar-refractivity contribution < 1.29 is 29.5 Å². The van der Waals surface area contributed by atoms with Gasteiger partial charge in [-0.15, -0.1) is 0 Å². The van der Waals surface area contributed by atoms with E-state index < -0.39 is 17.3 Å². The van der Waals surface area contributed by atoms with Crippen LogP contribution in [0.25, 0.3) is 0 Å². The van der Waals surface area contributed by atoms with Gasteiger partial charge in [-0.2, -0.15) is 0 Å². The van der Waals surface area contributed by atoms with Crippen LogP contribution in [0.2, 0.25) is 0 Å². The van der Waals surface area contributed by atoms with Crippen LogP contribution in [0.1, 0.15) is 40.5 Å². The van der Waals surface area contributed by atoms with Crippen molar-refractivity contribution >= 4 is 0 Å². The molecule has 0 aromatic carbocycles. The maximum absolute atomic E-state index is 9.42. The minimum absolute atomic E-state index is 0.00308. The number of rotatable bonds is 4. The van der Waals surface area contributed by atoms with Gasteiger partial charge in [-0.3, -0.25) is 0 Å². The van der Waals surface area contributed by atoms with Crippen LogP contribution in [0.15, 0.2) is 0 Å². The van der Waals surface area contributed by atoms with Gasteiger partial charge in [0.1, 0.15) is 0 Å². The van der Waals surface area contributed by atoms with E-state index in [9.17, 15) is 10.2 Å². The van der Waals surface area contributed by atoms with Gasteiger partial charge in [0.05, 0.1) is 32.5 Å². The third kappa shape index (κ3) is 3.57. The summed E-state index contributed by atoms with van der Waals surface area (Å²) in [5.41, 5.74) is -1.36. The summed E-state index contributed by atoms with van der Waals surface area (Å²) >= 11 is 0. The van der Waals surface area contributed by atoms with E-state index in [1.165, 1.54) is 0 Å². The minimum atomic E-state index is -0.584. The van der Waals surface area contributed by atoms with E-state index in [0.717, 1.165) is 12.8 Å². The average Bonchev–Trinajstić information content (AvgIpc) is 2.48. The molecular formula is C15H28O6. The lowest BCUT2D eigenvalue weighted by Crippen LogP contribution is -2.56. The highest BCUT2D eigenvalue weighted by Gasteiger charge is 2.48. The van der Waals surface area contributed by atoms with Gasteiger partial charge >= 0.3 is 0 Å². The van der Waals surface area contributed by atoms with Gasteiger partial charge in [0.2, 0.25) is 0 Å². The third-order valence-electron chi connectivity index (χ3n) is 4.54. The van der Waals surface area contributed by atoms with Gasteiger partial charge in [-0.1, -0.05) is 27.7 Å². The summed E-state index contributed by atoms with van der Waals surface area (Å²) in [7, 11) is 0. The lowest BCUT2D eigenvalue weighted by molar-refractivity contribution is -0.497. The van der Waals surface area contributed by atoms with Gasteiger partial charge in [-0.05, 0) is 12.8 Å². The normalized spacial score (nSPS) is 35.1. The molecule has 2 aliphatic rings. The molecule has 2 N–H and O–H groups in total. The van der Waals surface area contributed by atoms with E-state index in [2.05, 4.69) is 0 Å². The first-order valence-corrected chi connectivity index (χ1v) is 7.54. The summed E-state index contributed by atoms with van der Waals surface area (Å²) in [6.45, 7) is 8.50. The van der Waals surface area contributed by atoms with Crippen molar-refractivity contribution in [2.24, 2.45) is 10.8 Å². The first-order chi connectivity index (χ1) is 9.75. The minimum Gasteiger partial charge on any atom is -0.396 e. The number of hydrogen-bond acceptors (Lipinski definition) is 6. The first-order valence-electron chi connectivity index (χ1n) is 7.54. The molecule has 6 heteroatoms. The monoisotopic (exact) mass is 304 g/mol. The molecule has 2 aliphatic heterocycles.